The molecule has 1 aliphatic heterocycles. The van der Waals surface area contributed by atoms with E-state index in [1.54, 1.807) is 0 Å². The second kappa shape index (κ2) is 5.48. The zero-order valence-electron chi connectivity index (χ0n) is 11.9. The van der Waals surface area contributed by atoms with Crippen LogP contribution in [0.1, 0.15) is 43.4 Å². The second-order valence-electron chi connectivity index (χ2n) is 5.98. The van der Waals surface area contributed by atoms with Gasteiger partial charge in [0, 0.05) is 24.7 Å². The van der Waals surface area contributed by atoms with Crippen LogP contribution in [0.4, 0.5) is 19.0 Å². The molecule has 0 amide bonds. The smallest absolute Gasteiger partial charge is 0.353 e. The predicted molar refractivity (Wildman–Crippen MR) is 74.8 cm³/mol. The normalized spacial score (nSPS) is 26.0. The Morgan fingerprint density at radius 2 is 1.95 bits per heavy atom. The third-order valence-electron chi connectivity index (χ3n) is 4.75. The van der Waals surface area contributed by atoms with E-state index < -0.39 is 11.9 Å². The lowest BCUT2D eigenvalue weighted by molar-refractivity contribution is -0.141. The van der Waals surface area contributed by atoms with E-state index in [4.69, 9.17) is 5.73 Å². The Kier molecular flexibility index (Phi) is 3.82. The van der Waals surface area contributed by atoms with Gasteiger partial charge in [-0.1, -0.05) is 18.9 Å². The molecule has 2 atom stereocenters. The van der Waals surface area contributed by atoms with Crippen LogP contribution in [0.3, 0.4) is 0 Å². The fourth-order valence-electron chi connectivity index (χ4n) is 3.71. The first kappa shape index (κ1) is 14.6. The first-order chi connectivity index (χ1) is 10.0. The number of hydrogen-bond donors (Lipinski definition) is 1. The molecule has 3 rings (SSSR count). The molecule has 0 spiro atoms. The molecule has 1 saturated heterocycles. The summed E-state index contributed by atoms with van der Waals surface area (Å²) in [4.78, 5) is 5.98. The molecule has 1 aromatic heterocycles. The highest BCUT2D eigenvalue weighted by molar-refractivity contribution is 5.50. The number of fused-ring (bicyclic) bond motifs is 1. The van der Waals surface area contributed by atoms with Gasteiger partial charge in [0.15, 0.2) is 0 Å². The molecular formula is C15H20F3N3. The minimum Gasteiger partial charge on any atom is -0.353 e. The Hall–Kier alpha value is -1.30. The van der Waals surface area contributed by atoms with Crippen LogP contribution in [0.25, 0.3) is 0 Å². The largest absolute Gasteiger partial charge is 0.433 e. The van der Waals surface area contributed by atoms with Crippen molar-refractivity contribution in [3.8, 4) is 0 Å². The first-order valence-electron chi connectivity index (χ1n) is 7.54. The van der Waals surface area contributed by atoms with Gasteiger partial charge >= 0.3 is 6.18 Å². The lowest BCUT2D eigenvalue weighted by Gasteiger charge is -2.33. The second-order valence-corrected chi connectivity index (χ2v) is 5.98. The van der Waals surface area contributed by atoms with Crippen LogP contribution in [0.15, 0.2) is 12.1 Å². The maximum atomic E-state index is 12.9. The van der Waals surface area contributed by atoms with Crippen LogP contribution in [0, 0.1) is 5.92 Å². The van der Waals surface area contributed by atoms with E-state index in [1.165, 1.54) is 18.9 Å². The van der Waals surface area contributed by atoms with Gasteiger partial charge in [-0.05, 0) is 31.2 Å². The van der Waals surface area contributed by atoms with Gasteiger partial charge in [0.25, 0.3) is 0 Å². The Morgan fingerprint density at radius 1 is 1.19 bits per heavy atom. The Morgan fingerprint density at radius 3 is 2.67 bits per heavy atom. The maximum Gasteiger partial charge on any atom is 0.433 e. The third-order valence-corrected chi connectivity index (χ3v) is 4.75. The Balaban J connectivity index is 1.96. The van der Waals surface area contributed by atoms with Crippen LogP contribution in [0.5, 0.6) is 0 Å². The van der Waals surface area contributed by atoms with E-state index in [1.807, 2.05) is 0 Å². The van der Waals surface area contributed by atoms with E-state index in [2.05, 4.69) is 9.88 Å². The third kappa shape index (κ3) is 2.73. The standard InChI is InChI=1S/C15H20F3N3/c16-15(17,18)13-6-5-11(9-19)14(20-13)21-8-7-10-3-1-2-4-12(10)21/h5-6,10,12H,1-4,7-9,19H2. The van der Waals surface area contributed by atoms with Crippen LogP contribution in [-0.4, -0.2) is 17.6 Å². The molecule has 0 bridgehead atoms. The zero-order chi connectivity index (χ0) is 15.0. The molecule has 21 heavy (non-hydrogen) atoms. The molecule has 0 aromatic carbocycles. The average Bonchev–Trinajstić information content (AvgIpc) is 2.89. The van der Waals surface area contributed by atoms with Crippen molar-refractivity contribution in [1.29, 1.82) is 0 Å². The van der Waals surface area contributed by atoms with Crippen molar-refractivity contribution in [3.63, 3.8) is 0 Å². The van der Waals surface area contributed by atoms with Gasteiger partial charge in [-0.3, -0.25) is 0 Å². The van der Waals surface area contributed by atoms with Crippen LogP contribution in [-0.2, 0) is 12.7 Å². The lowest BCUT2D eigenvalue weighted by atomic mass is 9.85. The highest BCUT2D eigenvalue weighted by Crippen LogP contribution is 2.40. The summed E-state index contributed by atoms with van der Waals surface area (Å²) in [6, 6.07) is 2.83. The summed E-state index contributed by atoms with van der Waals surface area (Å²) in [5.41, 5.74) is 5.58. The molecule has 2 aliphatic rings. The molecule has 2 heterocycles. The molecule has 0 radical (unpaired) electrons. The Bertz CT molecular complexity index is 515. The molecule has 3 nitrogen and oxygen atoms in total. The predicted octanol–water partition coefficient (Wildman–Crippen LogP) is 3.33. The first-order valence-corrected chi connectivity index (χ1v) is 7.54. The molecule has 1 saturated carbocycles. The lowest BCUT2D eigenvalue weighted by Crippen LogP contribution is -2.36. The van der Waals surface area contributed by atoms with Crippen molar-refractivity contribution >= 4 is 5.82 Å². The number of alkyl halides is 3. The van der Waals surface area contributed by atoms with Crippen molar-refractivity contribution in [1.82, 2.24) is 4.98 Å². The van der Waals surface area contributed by atoms with Crippen molar-refractivity contribution in [3.05, 3.63) is 23.4 Å². The number of nitrogens with two attached hydrogens (primary N) is 1. The molecule has 116 valence electrons. The zero-order valence-corrected chi connectivity index (χ0v) is 11.9. The number of nitrogens with zero attached hydrogens (tertiary/aromatic N) is 2. The van der Waals surface area contributed by atoms with E-state index in [0.29, 0.717) is 23.3 Å². The van der Waals surface area contributed by atoms with Gasteiger partial charge in [0.1, 0.15) is 11.5 Å². The summed E-state index contributed by atoms with van der Waals surface area (Å²) >= 11 is 0. The quantitative estimate of drug-likeness (QED) is 0.911. The van der Waals surface area contributed by atoms with Crippen LogP contribution in [0.2, 0.25) is 0 Å². The van der Waals surface area contributed by atoms with Crippen LogP contribution >= 0.6 is 0 Å². The number of halogens is 3. The number of anilines is 1. The minimum absolute atomic E-state index is 0.217. The van der Waals surface area contributed by atoms with Crippen molar-refractivity contribution in [2.45, 2.75) is 50.9 Å². The van der Waals surface area contributed by atoms with Gasteiger partial charge in [0.2, 0.25) is 0 Å². The molecule has 2 unspecified atom stereocenters. The van der Waals surface area contributed by atoms with Crippen molar-refractivity contribution in [2.75, 3.05) is 11.4 Å². The molecular weight excluding hydrogens is 279 g/mol. The highest BCUT2D eigenvalue weighted by atomic mass is 19.4. The van der Waals surface area contributed by atoms with Crippen molar-refractivity contribution < 1.29 is 13.2 Å². The van der Waals surface area contributed by atoms with Crippen molar-refractivity contribution in [2.24, 2.45) is 11.7 Å². The summed E-state index contributed by atoms with van der Waals surface area (Å²) in [6.07, 6.45) is 1.24. The number of aromatic nitrogens is 1. The fraction of sp³-hybridized carbons (Fsp3) is 0.667. The summed E-state index contributed by atoms with van der Waals surface area (Å²) in [6.45, 7) is 1.00. The highest BCUT2D eigenvalue weighted by Gasteiger charge is 2.39. The SMILES string of the molecule is NCc1ccc(C(F)(F)F)nc1N1CCC2CCCCC21. The van der Waals surface area contributed by atoms with E-state index in [9.17, 15) is 13.2 Å². The van der Waals surface area contributed by atoms with Gasteiger partial charge in [-0.2, -0.15) is 13.2 Å². The van der Waals surface area contributed by atoms with Gasteiger partial charge < -0.3 is 10.6 Å². The maximum absolute atomic E-state index is 12.9. The summed E-state index contributed by atoms with van der Waals surface area (Å²) in [5.74, 6) is 1.04. The average molecular weight is 299 g/mol. The summed E-state index contributed by atoms with van der Waals surface area (Å²) in [7, 11) is 0. The molecule has 2 N–H and O–H groups in total. The Labute approximate surface area is 122 Å². The monoisotopic (exact) mass is 299 g/mol. The molecule has 1 aromatic rings. The number of pyridine rings is 1. The summed E-state index contributed by atoms with van der Waals surface area (Å²) in [5, 5.41) is 0. The van der Waals surface area contributed by atoms with Gasteiger partial charge in [-0.15, -0.1) is 0 Å². The van der Waals surface area contributed by atoms with Crippen LogP contribution < -0.4 is 10.6 Å². The number of rotatable bonds is 2. The van der Waals surface area contributed by atoms with E-state index in [0.717, 1.165) is 31.9 Å². The minimum atomic E-state index is -4.41. The van der Waals surface area contributed by atoms with Gasteiger partial charge in [0.05, 0.1) is 0 Å². The molecule has 6 heteroatoms. The molecule has 1 aliphatic carbocycles. The molecule has 2 fully saturated rings. The topological polar surface area (TPSA) is 42.1 Å². The van der Waals surface area contributed by atoms with E-state index in [-0.39, 0.29) is 6.54 Å². The number of hydrogen-bond acceptors (Lipinski definition) is 3. The van der Waals surface area contributed by atoms with E-state index >= 15 is 0 Å². The van der Waals surface area contributed by atoms with Gasteiger partial charge in [-0.25, -0.2) is 4.98 Å². The summed E-state index contributed by atoms with van der Waals surface area (Å²) < 4.78 is 38.7. The fourth-order valence-corrected chi connectivity index (χ4v) is 3.71.